The van der Waals surface area contributed by atoms with E-state index in [2.05, 4.69) is 0 Å². The molecule has 19 heavy (non-hydrogen) atoms. The Morgan fingerprint density at radius 2 is 1.84 bits per heavy atom. The van der Waals surface area contributed by atoms with Gasteiger partial charge in [0.1, 0.15) is 0 Å². The Morgan fingerprint density at radius 3 is 2.47 bits per heavy atom. The highest BCUT2D eigenvalue weighted by molar-refractivity contribution is 5.95. The number of benzene rings is 1. The van der Waals surface area contributed by atoms with Gasteiger partial charge in [-0.3, -0.25) is 4.79 Å². The van der Waals surface area contributed by atoms with Crippen molar-refractivity contribution >= 4 is 11.6 Å². The van der Waals surface area contributed by atoms with Gasteiger partial charge in [-0.05, 0) is 56.2 Å². The Labute approximate surface area is 114 Å². The number of nitrogens with zero attached hydrogens (tertiary/aromatic N) is 1. The lowest BCUT2D eigenvalue weighted by molar-refractivity contribution is -0.122. The van der Waals surface area contributed by atoms with Crippen molar-refractivity contribution in [3.05, 3.63) is 30.3 Å². The second-order valence-electron chi connectivity index (χ2n) is 5.89. The van der Waals surface area contributed by atoms with Gasteiger partial charge in [0.25, 0.3) is 0 Å². The number of rotatable bonds is 5. The number of nitrogens with two attached hydrogens (primary N) is 1. The molecule has 3 nitrogen and oxygen atoms in total. The molecule has 0 aromatic heterocycles. The van der Waals surface area contributed by atoms with Crippen LogP contribution in [0, 0.1) is 17.8 Å². The van der Waals surface area contributed by atoms with Gasteiger partial charge in [-0.1, -0.05) is 18.2 Å². The molecule has 2 unspecified atom stereocenters. The Balaban J connectivity index is 1.72. The summed E-state index contributed by atoms with van der Waals surface area (Å²) in [7, 11) is 0. The summed E-state index contributed by atoms with van der Waals surface area (Å²) in [6.07, 6.45) is 4.43. The van der Waals surface area contributed by atoms with Crippen molar-refractivity contribution in [3.8, 4) is 0 Å². The van der Waals surface area contributed by atoms with Crippen LogP contribution in [0.4, 0.5) is 5.69 Å². The lowest BCUT2D eigenvalue weighted by Crippen LogP contribution is -2.37. The zero-order chi connectivity index (χ0) is 13.2. The molecule has 1 aromatic carbocycles. The standard InChI is InChI=1S/C16H22N2O/c17-7-4-8-18(15-5-2-1-3-6-15)16(19)14-10-12-9-13(12)11-14/h1-3,5-6,12-14H,4,7-11,17H2. The summed E-state index contributed by atoms with van der Waals surface area (Å²) in [5.74, 6) is 2.26. The van der Waals surface area contributed by atoms with Crippen molar-refractivity contribution in [1.82, 2.24) is 0 Å². The Bertz CT molecular complexity index is 435. The van der Waals surface area contributed by atoms with Gasteiger partial charge in [-0.15, -0.1) is 0 Å². The van der Waals surface area contributed by atoms with Crippen LogP contribution < -0.4 is 10.6 Å². The predicted octanol–water partition coefficient (Wildman–Crippen LogP) is 2.41. The molecule has 0 radical (unpaired) electrons. The molecule has 0 saturated heterocycles. The predicted molar refractivity (Wildman–Crippen MR) is 76.8 cm³/mol. The summed E-state index contributed by atoms with van der Waals surface area (Å²) in [6, 6.07) is 10.0. The van der Waals surface area contributed by atoms with Crippen molar-refractivity contribution < 1.29 is 4.79 Å². The van der Waals surface area contributed by atoms with Crippen LogP contribution in [-0.4, -0.2) is 19.0 Å². The van der Waals surface area contributed by atoms with Crippen LogP contribution in [0.15, 0.2) is 30.3 Å². The zero-order valence-electron chi connectivity index (χ0n) is 11.3. The van der Waals surface area contributed by atoms with Gasteiger partial charge < -0.3 is 10.6 Å². The molecule has 0 spiro atoms. The second kappa shape index (κ2) is 5.33. The Hall–Kier alpha value is -1.35. The minimum Gasteiger partial charge on any atom is -0.330 e. The largest absolute Gasteiger partial charge is 0.330 e. The maximum atomic E-state index is 12.7. The molecule has 1 aromatic rings. The van der Waals surface area contributed by atoms with E-state index in [1.807, 2.05) is 35.2 Å². The summed E-state index contributed by atoms with van der Waals surface area (Å²) in [5.41, 5.74) is 6.61. The molecule has 102 valence electrons. The van der Waals surface area contributed by atoms with Gasteiger partial charge >= 0.3 is 0 Å². The molecule has 1 amide bonds. The number of amides is 1. The first kappa shape index (κ1) is 12.7. The zero-order valence-corrected chi connectivity index (χ0v) is 11.3. The lowest BCUT2D eigenvalue weighted by atomic mass is 10.0. The van der Waals surface area contributed by atoms with E-state index in [0.29, 0.717) is 12.5 Å². The average molecular weight is 258 g/mol. The quantitative estimate of drug-likeness (QED) is 0.881. The third-order valence-corrected chi connectivity index (χ3v) is 4.51. The fourth-order valence-electron chi connectivity index (χ4n) is 3.36. The first-order chi connectivity index (χ1) is 9.29. The third-order valence-electron chi connectivity index (χ3n) is 4.51. The van der Waals surface area contributed by atoms with Crippen LogP contribution in [-0.2, 0) is 4.79 Å². The molecule has 2 N–H and O–H groups in total. The fourth-order valence-corrected chi connectivity index (χ4v) is 3.36. The van der Waals surface area contributed by atoms with Gasteiger partial charge in [-0.25, -0.2) is 0 Å². The average Bonchev–Trinajstić information content (AvgIpc) is 3.06. The molecule has 2 atom stereocenters. The van der Waals surface area contributed by atoms with E-state index in [-0.39, 0.29) is 5.92 Å². The molecule has 2 saturated carbocycles. The molecule has 2 aliphatic carbocycles. The van der Waals surface area contributed by atoms with E-state index >= 15 is 0 Å². The van der Waals surface area contributed by atoms with Crippen LogP contribution in [0.3, 0.4) is 0 Å². The molecule has 3 rings (SSSR count). The molecular formula is C16H22N2O. The van der Waals surface area contributed by atoms with Crippen molar-refractivity contribution in [3.63, 3.8) is 0 Å². The van der Waals surface area contributed by atoms with E-state index in [9.17, 15) is 4.79 Å². The summed E-state index contributed by atoms with van der Waals surface area (Å²) in [5, 5.41) is 0. The van der Waals surface area contributed by atoms with Crippen LogP contribution in [0.5, 0.6) is 0 Å². The van der Waals surface area contributed by atoms with Gasteiger partial charge in [0, 0.05) is 18.2 Å². The van der Waals surface area contributed by atoms with Gasteiger partial charge in [-0.2, -0.15) is 0 Å². The maximum Gasteiger partial charge on any atom is 0.230 e. The van der Waals surface area contributed by atoms with Gasteiger partial charge in [0.05, 0.1) is 0 Å². The first-order valence-corrected chi connectivity index (χ1v) is 7.36. The van der Waals surface area contributed by atoms with Gasteiger partial charge in [0.15, 0.2) is 0 Å². The van der Waals surface area contributed by atoms with Crippen molar-refractivity contribution in [1.29, 1.82) is 0 Å². The lowest BCUT2D eigenvalue weighted by Gasteiger charge is -2.26. The minimum absolute atomic E-state index is 0.252. The smallest absolute Gasteiger partial charge is 0.230 e. The molecule has 0 heterocycles. The highest BCUT2D eigenvalue weighted by Crippen LogP contribution is 2.54. The highest BCUT2D eigenvalue weighted by atomic mass is 16.2. The number of fused-ring (bicyclic) bond motifs is 1. The number of anilines is 1. The SMILES string of the molecule is NCCCN(C(=O)C1CC2CC2C1)c1ccccc1. The van der Waals surface area contributed by atoms with E-state index in [4.69, 9.17) is 5.73 Å². The topological polar surface area (TPSA) is 46.3 Å². The molecular weight excluding hydrogens is 236 g/mol. The maximum absolute atomic E-state index is 12.7. The monoisotopic (exact) mass is 258 g/mol. The number of carbonyl (C=O) groups excluding carboxylic acids is 1. The second-order valence-corrected chi connectivity index (χ2v) is 5.89. The van der Waals surface area contributed by atoms with E-state index in [1.54, 1.807) is 0 Å². The van der Waals surface area contributed by atoms with Crippen molar-refractivity contribution in [2.45, 2.75) is 25.7 Å². The molecule has 2 fully saturated rings. The number of hydrogen-bond donors (Lipinski definition) is 1. The summed E-state index contributed by atoms with van der Waals surface area (Å²) in [4.78, 5) is 14.6. The van der Waals surface area contributed by atoms with Crippen LogP contribution >= 0.6 is 0 Å². The minimum atomic E-state index is 0.252. The number of para-hydroxylation sites is 1. The molecule has 0 aliphatic heterocycles. The van der Waals surface area contributed by atoms with Crippen molar-refractivity contribution in [2.24, 2.45) is 23.5 Å². The van der Waals surface area contributed by atoms with E-state index < -0.39 is 0 Å². The van der Waals surface area contributed by atoms with Gasteiger partial charge in [0.2, 0.25) is 5.91 Å². The van der Waals surface area contributed by atoms with E-state index in [1.165, 1.54) is 6.42 Å². The summed E-state index contributed by atoms with van der Waals surface area (Å²) >= 11 is 0. The highest BCUT2D eigenvalue weighted by Gasteiger charge is 2.48. The Kier molecular flexibility index (Phi) is 3.56. The van der Waals surface area contributed by atoms with Crippen LogP contribution in [0.1, 0.15) is 25.7 Å². The van der Waals surface area contributed by atoms with Crippen LogP contribution in [0.2, 0.25) is 0 Å². The van der Waals surface area contributed by atoms with Crippen molar-refractivity contribution in [2.75, 3.05) is 18.0 Å². The summed E-state index contributed by atoms with van der Waals surface area (Å²) in [6.45, 7) is 1.37. The Morgan fingerprint density at radius 1 is 1.16 bits per heavy atom. The molecule has 2 aliphatic rings. The third kappa shape index (κ3) is 2.66. The number of hydrogen-bond acceptors (Lipinski definition) is 2. The fraction of sp³-hybridized carbons (Fsp3) is 0.562. The van der Waals surface area contributed by atoms with Crippen LogP contribution in [0.25, 0.3) is 0 Å². The summed E-state index contributed by atoms with van der Waals surface area (Å²) < 4.78 is 0. The first-order valence-electron chi connectivity index (χ1n) is 7.36. The van der Waals surface area contributed by atoms with E-state index in [0.717, 1.165) is 43.3 Å². The molecule has 0 bridgehead atoms. The normalized spacial score (nSPS) is 27.9. The number of carbonyl (C=O) groups is 1. The molecule has 3 heteroatoms.